The Hall–Kier alpha value is -0.460. The number of aliphatic hydroxyl groups excluding tert-OH is 7. The zero-order chi connectivity index (χ0) is 27.2. The lowest BCUT2D eigenvalue weighted by Gasteiger charge is -2.31. The number of hydrogen-bond acceptors (Lipinski definition) is 10. The molecule has 0 bridgehead atoms. The van der Waals surface area contributed by atoms with Crippen LogP contribution in [0.15, 0.2) is 0 Å². The third-order valence-corrected chi connectivity index (χ3v) is 8.14. The summed E-state index contributed by atoms with van der Waals surface area (Å²) < 4.78 is 0.514. The van der Waals surface area contributed by atoms with Crippen LogP contribution in [-0.4, -0.2) is 123 Å². The molecule has 0 saturated heterocycles. The number of nitrogens with zero attached hydrogens (tertiary/aromatic N) is 2. The number of anilines is 1. The SMILES string of the molecule is CN(C(=O)CO)c1c(I)c(C(N)=O)c(I)c(C(=O)N(CC(O)C(O)CO)CC(O)C(O)CO)c1I. The van der Waals surface area contributed by atoms with E-state index in [0.29, 0.717) is 0 Å². The maximum absolute atomic E-state index is 13.7. The molecule has 0 fully saturated rings. The van der Waals surface area contributed by atoms with Crippen LogP contribution in [0.5, 0.6) is 0 Å². The van der Waals surface area contributed by atoms with Gasteiger partial charge in [-0.1, -0.05) is 0 Å². The molecule has 4 atom stereocenters. The molecule has 35 heavy (non-hydrogen) atoms. The molecule has 1 rings (SSSR count). The average Bonchev–Trinajstić information content (AvgIpc) is 2.80. The van der Waals surface area contributed by atoms with Crippen molar-refractivity contribution in [2.45, 2.75) is 24.4 Å². The van der Waals surface area contributed by atoms with Crippen LogP contribution in [0.4, 0.5) is 5.69 Å². The Morgan fingerprint density at radius 2 is 1.23 bits per heavy atom. The first-order valence-corrected chi connectivity index (χ1v) is 13.1. The molecule has 0 aliphatic rings. The van der Waals surface area contributed by atoms with Gasteiger partial charge in [-0.25, -0.2) is 0 Å². The summed E-state index contributed by atoms with van der Waals surface area (Å²) in [6.45, 7) is -3.73. The smallest absolute Gasteiger partial charge is 0.256 e. The van der Waals surface area contributed by atoms with Gasteiger partial charge in [0.15, 0.2) is 0 Å². The normalized spacial score (nSPS) is 14.7. The van der Waals surface area contributed by atoms with E-state index in [2.05, 4.69) is 0 Å². The van der Waals surface area contributed by atoms with Crippen molar-refractivity contribution < 1.29 is 50.1 Å². The van der Waals surface area contributed by atoms with Crippen LogP contribution < -0.4 is 10.6 Å². The third kappa shape index (κ3) is 7.77. The Balaban J connectivity index is 3.78. The number of carbonyl (C=O) groups excluding carboxylic acids is 3. The van der Waals surface area contributed by atoms with Crippen molar-refractivity contribution in [2.24, 2.45) is 5.73 Å². The fourth-order valence-corrected chi connectivity index (χ4v) is 7.80. The summed E-state index contributed by atoms with van der Waals surface area (Å²) >= 11 is 5.27. The first-order valence-electron chi connectivity index (χ1n) is 9.85. The molecule has 9 N–H and O–H groups in total. The molecule has 1 aromatic rings. The van der Waals surface area contributed by atoms with Gasteiger partial charge in [-0.3, -0.25) is 14.4 Å². The van der Waals surface area contributed by atoms with Crippen molar-refractivity contribution in [3.05, 3.63) is 21.8 Å². The molecule has 16 heteroatoms. The summed E-state index contributed by atoms with van der Waals surface area (Å²) in [4.78, 5) is 40.0. The number of likely N-dealkylation sites (N-methyl/N-ethyl adjacent to an activating group) is 1. The first kappa shape index (κ1) is 32.6. The number of rotatable bonds is 12. The molecule has 4 unspecified atom stereocenters. The van der Waals surface area contributed by atoms with Crippen LogP contribution >= 0.6 is 67.8 Å². The van der Waals surface area contributed by atoms with E-state index < -0.39 is 75.0 Å². The van der Waals surface area contributed by atoms with Gasteiger partial charge in [-0.05, 0) is 67.8 Å². The number of amides is 3. The standard InChI is InChI=1S/C19H26I3N3O10/c1-24(11(33)6-28)17-15(21)12(18(23)34)14(20)13(16(17)22)19(35)25(2-7(29)9(31)4-26)3-8(30)10(32)5-27/h7-10,26-32H,2-6H2,1H3,(H2,23,34). The van der Waals surface area contributed by atoms with Crippen LogP contribution in [0.1, 0.15) is 20.7 Å². The van der Waals surface area contributed by atoms with Crippen LogP contribution in [0.3, 0.4) is 0 Å². The highest BCUT2D eigenvalue weighted by molar-refractivity contribution is 14.1. The molecule has 0 spiro atoms. The number of hydrogen-bond donors (Lipinski definition) is 8. The van der Waals surface area contributed by atoms with Gasteiger partial charge in [0.2, 0.25) is 0 Å². The molecule has 13 nitrogen and oxygen atoms in total. The number of aliphatic hydroxyl groups is 7. The molecule has 198 valence electrons. The van der Waals surface area contributed by atoms with Crippen LogP contribution in [0.25, 0.3) is 0 Å². The van der Waals surface area contributed by atoms with E-state index in [4.69, 9.17) is 15.9 Å². The summed E-state index contributed by atoms with van der Waals surface area (Å²) in [6, 6.07) is 0. The predicted octanol–water partition coefficient (Wildman–Crippen LogP) is -2.58. The summed E-state index contributed by atoms with van der Waals surface area (Å²) in [5, 5.41) is 67.5. The fourth-order valence-electron chi connectivity index (χ4n) is 2.92. The molecule has 1 aromatic carbocycles. The number of nitrogens with two attached hydrogens (primary N) is 1. The van der Waals surface area contributed by atoms with Gasteiger partial charge in [0.1, 0.15) is 18.8 Å². The molecular weight excluding hydrogens is 811 g/mol. The van der Waals surface area contributed by atoms with E-state index in [9.17, 15) is 39.9 Å². The van der Waals surface area contributed by atoms with Crippen LogP contribution in [-0.2, 0) is 4.79 Å². The topological polar surface area (TPSA) is 225 Å². The van der Waals surface area contributed by atoms with E-state index in [-0.39, 0.29) is 27.5 Å². The molecule has 0 aromatic heterocycles. The second-order valence-electron chi connectivity index (χ2n) is 7.36. The maximum Gasteiger partial charge on any atom is 0.256 e. The van der Waals surface area contributed by atoms with E-state index >= 15 is 0 Å². The van der Waals surface area contributed by atoms with E-state index in [0.717, 1.165) is 9.80 Å². The Kier molecular flexibility index (Phi) is 13.5. The highest BCUT2D eigenvalue weighted by Crippen LogP contribution is 2.38. The van der Waals surface area contributed by atoms with Crippen molar-refractivity contribution in [1.29, 1.82) is 0 Å². The van der Waals surface area contributed by atoms with Crippen molar-refractivity contribution >= 4 is 91.2 Å². The highest BCUT2D eigenvalue weighted by atomic mass is 127. The Morgan fingerprint density at radius 1 is 0.800 bits per heavy atom. The zero-order valence-corrected chi connectivity index (χ0v) is 24.8. The van der Waals surface area contributed by atoms with Crippen LogP contribution in [0, 0.1) is 10.7 Å². The van der Waals surface area contributed by atoms with Crippen molar-refractivity contribution in [1.82, 2.24) is 4.90 Å². The van der Waals surface area contributed by atoms with Crippen LogP contribution in [0.2, 0.25) is 0 Å². The maximum atomic E-state index is 13.7. The number of carbonyl (C=O) groups is 3. The lowest BCUT2D eigenvalue weighted by Crippen LogP contribution is -2.49. The number of halogens is 3. The Morgan fingerprint density at radius 3 is 1.60 bits per heavy atom. The average molecular weight is 837 g/mol. The molecule has 0 aliphatic heterocycles. The zero-order valence-electron chi connectivity index (χ0n) is 18.3. The Labute approximate surface area is 241 Å². The van der Waals surface area contributed by atoms with E-state index in [1.807, 2.05) is 0 Å². The summed E-state index contributed by atoms with van der Waals surface area (Å²) in [6.07, 6.45) is -6.58. The van der Waals surface area contributed by atoms with E-state index in [1.165, 1.54) is 7.05 Å². The third-order valence-electron chi connectivity index (χ3n) is 4.96. The minimum absolute atomic E-state index is 0.0885. The van der Waals surface area contributed by atoms with Crippen molar-refractivity contribution in [3.63, 3.8) is 0 Å². The fraction of sp³-hybridized carbons (Fsp3) is 0.526. The van der Waals surface area contributed by atoms with Gasteiger partial charge < -0.3 is 51.3 Å². The quantitative estimate of drug-likeness (QED) is 0.103. The van der Waals surface area contributed by atoms with Crippen molar-refractivity contribution in [3.8, 4) is 0 Å². The van der Waals surface area contributed by atoms with Gasteiger partial charge in [-0.15, -0.1) is 0 Å². The molecule has 0 saturated carbocycles. The molecule has 3 amide bonds. The van der Waals surface area contributed by atoms with Gasteiger partial charge in [0.05, 0.1) is 49.4 Å². The minimum Gasteiger partial charge on any atom is -0.394 e. The molecular formula is C19H26I3N3O10. The van der Waals surface area contributed by atoms with Gasteiger partial charge in [0, 0.05) is 23.7 Å². The van der Waals surface area contributed by atoms with Gasteiger partial charge in [0.25, 0.3) is 17.7 Å². The number of primary amides is 1. The largest absolute Gasteiger partial charge is 0.394 e. The van der Waals surface area contributed by atoms with Crippen molar-refractivity contribution in [2.75, 3.05) is 44.9 Å². The lowest BCUT2D eigenvalue weighted by atomic mass is 10.0. The summed E-state index contributed by atoms with van der Waals surface area (Å²) in [7, 11) is 1.32. The molecule has 0 aliphatic carbocycles. The second kappa shape index (κ2) is 14.5. The predicted molar refractivity (Wildman–Crippen MR) is 148 cm³/mol. The summed E-state index contributed by atoms with van der Waals surface area (Å²) in [5.41, 5.74) is 5.42. The highest BCUT2D eigenvalue weighted by Gasteiger charge is 2.34. The van der Waals surface area contributed by atoms with Gasteiger partial charge >= 0.3 is 0 Å². The van der Waals surface area contributed by atoms with E-state index in [1.54, 1.807) is 67.8 Å². The lowest BCUT2D eigenvalue weighted by molar-refractivity contribution is -0.121. The molecule has 0 heterocycles. The monoisotopic (exact) mass is 837 g/mol. The second-order valence-corrected chi connectivity index (χ2v) is 10.6. The Bertz CT molecular complexity index is 933. The minimum atomic E-state index is -1.66. The summed E-state index contributed by atoms with van der Waals surface area (Å²) in [5.74, 6) is -2.53. The first-order chi connectivity index (χ1) is 16.2. The van der Waals surface area contributed by atoms with Gasteiger partial charge in [-0.2, -0.15) is 0 Å². The molecule has 0 radical (unpaired) electrons. The number of benzene rings is 1.